The van der Waals surface area contributed by atoms with Gasteiger partial charge in [0.2, 0.25) is 0 Å². The Balaban J connectivity index is 1.46. The maximum Gasteiger partial charge on any atom is 0.128 e. The standard InChI is InChI=1S/C16H25N3/c1-2-6-14(7-3-1)18-15-9-12-19(13-10-15)16-8-4-5-11-17-16/h4-5,8,11,14-15,18H,1-3,6-7,9-10,12-13H2. The first kappa shape index (κ1) is 12.9. The van der Waals surface area contributed by atoms with Gasteiger partial charge in [0, 0.05) is 31.4 Å². The van der Waals surface area contributed by atoms with Gasteiger partial charge in [-0.1, -0.05) is 25.3 Å². The third-order valence-electron chi connectivity index (χ3n) is 4.54. The molecule has 1 N–H and O–H groups in total. The number of pyridine rings is 1. The lowest BCUT2D eigenvalue weighted by atomic mass is 9.93. The number of hydrogen-bond acceptors (Lipinski definition) is 3. The van der Waals surface area contributed by atoms with E-state index in [1.807, 2.05) is 12.3 Å². The van der Waals surface area contributed by atoms with Crippen LogP contribution in [0, 0.1) is 0 Å². The molecule has 19 heavy (non-hydrogen) atoms. The van der Waals surface area contributed by atoms with Crippen LogP contribution in [0.2, 0.25) is 0 Å². The molecule has 1 aromatic heterocycles. The topological polar surface area (TPSA) is 28.2 Å². The maximum atomic E-state index is 4.45. The highest BCUT2D eigenvalue weighted by molar-refractivity contribution is 5.38. The van der Waals surface area contributed by atoms with Crippen LogP contribution in [-0.2, 0) is 0 Å². The molecule has 0 radical (unpaired) electrons. The first-order valence-corrected chi connectivity index (χ1v) is 7.84. The number of aromatic nitrogens is 1. The van der Waals surface area contributed by atoms with Crippen molar-refractivity contribution >= 4 is 5.82 Å². The van der Waals surface area contributed by atoms with Gasteiger partial charge in [-0.25, -0.2) is 4.98 Å². The molecular weight excluding hydrogens is 234 g/mol. The molecule has 1 aliphatic carbocycles. The molecule has 0 aromatic carbocycles. The van der Waals surface area contributed by atoms with Gasteiger partial charge in [-0.2, -0.15) is 0 Å². The van der Waals surface area contributed by atoms with Crippen LogP contribution < -0.4 is 10.2 Å². The Morgan fingerprint density at radius 2 is 1.68 bits per heavy atom. The molecule has 0 unspecified atom stereocenters. The number of rotatable bonds is 3. The Morgan fingerprint density at radius 3 is 2.37 bits per heavy atom. The van der Waals surface area contributed by atoms with Crippen molar-refractivity contribution in [3.63, 3.8) is 0 Å². The summed E-state index contributed by atoms with van der Waals surface area (Å²) in [5.74, 6) is 1.14. The van der Waals surface area contributed by atoms with Gasteiger partial charge < -0.3 is 10.2 Å². The zero-order chi connectivity index (χ0) is 12.9. The van der Waals surface area contributed by atoms with E-state index in [2.05, 4.69) is 27.3 Å². The van der Waals surface area contributed by atoms with Crippen LogP contribution in [-0.4, -0.2) is 30.2 Å². The Kier molecular flexibility index (Phi) is 4.34. The molecule has 1 aromatic rings. The number of piperidine rings is 1. The Hall–Kier alpha value is -1.09. The molecule has 0 spiro atoms. The van der Waals surface area contributed by atoms with Gasteiger partial charge in [-0.3, -0.25) is 0 Å². The van der Waals surface area contributed by atoms with Crippen molar-refractivity contribution in [2.75, 3.05) is 18.0 Å². The molecule has 1 saturated heterocycles. The summed E-state index contributed by atoms with van der Waals surface area (Å²) in [6.45, 7) is 2.28. The summed E-state index contributed by atoms with van der Waals surface area (Å²) >= 11 is 0. The summed E-state index contributed by atoms with van der Waals surface area (Å²) < 4.78 is 0. The van der Waals surface area contributed by atoms with Crippen LogP contribution in [0.15, 0.2) is 24.4 Å². The molecular formula is C16H25N3. The highest BCUT2D eigenvalue weighted by atomic mass is 15.2. The molecule has 0 bridgehead atoms. The number of nitrogens with zero attached hydrogens (tertiary/aromatic N) is 2. The fourth-order valence-corrected chi connectivity index (χ4v) is 3.42. The zero-order valence-corrected chi connectivity index (χ0v) is 11.7. The molecule has 1 aliphatic heterocycles. The number of hydrogen-bond donors (Lipinski definition) is 1. The smallest absolute Gasteiger partial charge is 0.128 e. The van der Waals surface area contributed by atoms with Gasteiger partial charge in [0.05, 0.1) is 0 Å². The van der Waals surface area contributed by atoms with Crippen molar-refractivity contribution < 1.29 is 0 Å². The second-order valence-electron chi connectivity index (χ2n) is 5.95. The lowest BCUT2D eigenvalue weighted by molar-refractivity contribution is 0.307. The largest absolute Gasteiger partial charge is 0.357 e. The van der Waals surface area contributed by atoms with Gasteiger partial charge in [-0.15, -0.1) is 0 Å². The van der Waals surface area contributed by atoms with Gasteiger partial charge in [0.1, 0.15) is 5.82 Å². The van der Waals surface area contributed by atoms with E-state index >= 15 is 0 Å². The third-order valence-corrected chi connectivity index (χ3v) is 4.54. The molecule has 3 heteroatoms. The average Bonchev–Trinajstić information content (AvgIpc) is 2.50. The summed E-state index contributed by atoms with van der Waals surface area (Å²) in [5, 5.41) is 3.88. The van der Waals surface area contributed by atoms with E-state index in [1.54, 1.807) is 0 Å². The van der Waals surface area contributed by atoms with E-state index in [-0.39, 0.29) is 0 Å². The van der Waals surface area contributed by atoms with Crippen molar-refractivity contribution in [2.24, 2.45) is 0 Å². The van der Waals surface area contributed by atoms with E-state index in [9.17, 15) is 0 Å². The van der Waals surface area contributed by atoms with Crippen LogP contribution in [0.3, 0.4) is 0 Å². The van der Waals surface area contributed by atoms with Gasteiger partial charge in [-0.05, 0) is 37.8 Å². The second-order valence-corrected chi connectivity index (χ2v) is 5.95. The minimum Gasteiger partial charge on any atom is -0.357 e. The molecule has 2 fully saturated rings. The molecule has 0 atom stereocenters. The monoisotopic (exact) mass is 259 g/mol. The zero-order valence-electron chi connectivity index (χ0n) is 11.7. The van der Waals surface area contributed by atoms with Gasteiger partial charge in [0.25, 0.3) is 0 Å². The maximum absolute atomic E-state index is 4.45. The van der Waals surface area contributed by atoms with E-state index in [0.717, 1.165) is 31.0 Å². The van der Waals surface area contributed by atoms with E-state index in [0.29, 0.717) is 0 Å². The summed E-state index contributed by atoms with van der Waals surface area (Å²) in [6, 6.07) is 7.70. The summed E-state index contributed by atoms with van der Waals surface area (Å²) in [5.41, 5.74) is 0. The first-order valence-electron chi connectivity index (χ1n) is 7.84. The first-order chi connectivity index (χ1) is 9.42. The highest BCUT2D eigenvalue weighted by Crippen LogP contribution is 2.21. The quantitative estimate of drug-likeness (QED) is 0.904. The molecule has 0 amide bonds. The predicted octanol–water partition coefficient (Wildman–Crippen LogP) is 2.97. The van der Waals surface area contributed by atoms with Gasteiger partial charge in [0.15, 0.2) is 0 Å². The van der Waals surface area contributed by atoms with Crippen LogP contribution >= 0.6 is 0 Å². The van der Waals surface area contributed by atoms with Crippen molar-refractivity contribution in [1.29, 1.82) is 0 Å². The van der Waals surface area contributed by atoms with E-state index < -0.39 is 0 Å². The molecule has 104 valence electrons. The summed E-state index contributed by atoms with van der Waals surface area (Å²) in [6.07, 6.45) is 11.5. The summed E-state index contributed by atoms with van der Waals surface area (Å²) in [4.78, 5) is 6.86. The Morgan fingerprint density at radius 1 is 0.947 bits per heavy atom. The van der Waals surface area contributed by atoms with Crippen LogP contribution in [0.25, 0.3) is 0 Å². The number of nitrogens with one attached hydrogen (secondary N) is 1. The predicted molar refractivity (Wildman–Crippen MR) is 79.5 cm³/mol. The molecule has 3 nitrogen and oxygen atoms in total. The lowest BCUT2D eigenvalue weighted by Gasteiger charge is -2.36. The highest BCUT2D eigenvalue weighted by Gasteiger charge is 2.23. The van der Waals surface area contributed by atoms with E-state index in [4.69, 9.17) is 0 Å². The fraction of sp³-hybridized carbons (Fsp3) is 0.688. The third kappa shape index (κ3) is 3.47. The summed E-state index contributed by atoms with van der Waals surface area (Å²) in [7, 11) is 0. The Bertz CT molecular complexity index is 365. The van der Waals surface area contributed by atoms with Crippen LogP contribution in [0.1, 0.15) is 44.9 Å². The van der Waals surface area contributed by atoms with Crippen molar-refractivity contribution in [3.8, 4) is 0 Å². The minimum atomic E-state index is 0.725. The minimum absolute atomic E-state index is 0.725. The lowest BCUT2D eigenvalue weighted by Crippen LogP contribution is -2.46. The Labute approximate surface area is 116 Å². The van der Waals surface area contributed by atoms with Crippen LogP contribution in [0.4, 0.5) is 5.82 Å². The van der Waals surface area contributed by atoms with Crippen LogP contribution in [0.5, 0.6) is 0 Å². The molecule has 3 rings (SSSR count). The van der Waals surface area contributed by atoms with Crippen molar-refractivity contribution in [3.05, 3.63) is 24.4 Å². The SMILES string of the molecule is c1ccc(N2CCC(NC3CCCCC3)CC2)nc1. The molecule has 2 aliphatic rings. The second kappa shape index (κ2) is 6.38. The normalized spacial score (nSPS) is 22.6. The van der Waals surface area contributed by atoms with Gasteiger partial charge >= 0.3 is 0 Å². The van der Waals surface area contributed by atoms with Crippen molar-refractivity contribution in [1.82, 2.24) is 10.3 Å². The van der Waals surface area contributed by atoms with Crippen molar-refractivity contribution in [2.45, 2.75) is 57.0 Å². The van der Waals surface area contributed by atoms with E-state index in [1.165, 1.54) is 44.9 Å². The molecule has 2 heterocycles. The average molecular weight is 259 g/mol. The number of anilines is 1. The fourth-order valence-electron chi connectivity index (χ4n) is 3.42. The molecule has 1 saturated carbocycles.